The Morgan fingerprint density at radius 2 is 1.67 bits per heavy atom. The average molecular weight is 498 g/mol. The average Bonchev–Trinajstić information content (AvgIpc) is 2.91. The summed E-state index contributed by atoms with van der Waals surface area (Å²) >= 11 is 5.92. The first-order valence-corrected chi connectivity index (χ1v) is 11.9. The third kappa shape index (κ3) is 4.55. The van der Waals surface area contributed by atoms with E-state index >= 15 is 0 Å². The molecule has 0 spiro atoms. The van der Waals surface area contributed by atoms with Gasteiger partial charge in [-0.15, -0.1) is 0 Å². The zero-order valence-corrected chi connectivity index (χ0v) is 20.6. The maximum absolute atomic E-state index is 13.7. The molecule has 0 aliphatic carbocycles. The number of para-hydroxylation sites is 1. The monoisotopic (exact) mass is 497 g/mol. The second-order valence-corrected chi connectivity index (χ2v) is 9.02. The van der Waals surface area contributed by atoms with Gasteiger partial charge in [-0.3, -0.25) is 14.2 Å². The van der Waals surface area contributed by atoms with E-state index in [-0.39, 0.29) is 18.1 Å². The van der Waals surface area contributed by atoms with Gasteiger partial charge in [0.1, 0.15) is 11.6 Å². The van der Waals surface area contributed by atoms with Gasteiger partial charge in [-0.25, -0.2) is 4.98 Å². The smallest absolute Gasteiger partial charge is 0.266 e. The van der Waals surface area contributed by atoms with E-state index in [4.69, 9.17) is 21.3 Å². The highest BCUT2D eigenvalue weighted by Gasteiger charge is 2.24. The number of benzene rings is 4. The quantitative estimate of drug-likeness (QED) is 0.298. The minimum absolute atomic E-state index is 0.156. The van der Waals surface area contributed by atoms with Gasteiger partial charge in [0.15, 0.2) is 6.61 Å². The van der Waals surface area contributed by atoms with Crippen LogP contribution in [0.4, 0.5) is 0 Å². The summed E-state index contributed by atoms with van der Waals surface area (Å²) in [6.07, 6.45) is 0. The third-order valence-corrected chi connectivity index (χ3v) is 6.57. The first-order valence-electron chi connectivity index (χ1n) is 11.6. The first kappa shape index (κ1) is 23.6. The lowest BCUT2D eigenvalue weighted by molar-refractivity contribution is -0.134. The van der Waals surface area contributed by atoms with E-state index in [1.807, 2.05) is 67.6 Å². The van der Waals surface area contributed by atoms with E-state index in [2.05, 4.69) is 0 Å². The Morgan fingerprint density at radius 3 is 2.44 bits per heavy atom. The molecule has 4 aromatic carbocycles. The van der Waals surface area contributed by atoms with E-state index in [0.717, 1.165) is 10.8 Å². The van der Waals surface area contributed by atoms with Crippen molar-refractivity contribution in [1.29, 1.82) is 0 Å². The van der Waals surface area contributed by atoms with Crippen molar-refractivity contribution in [1.82, 2.24) is 14.5 Å². The van der Waals surface area contributed by atoms with Crippen LogP contribution in [0, 0.1) is 0 Å². The van der Waals surface area contributed by atoms with Crippen molar-refractivity contribution < 1.29 is 9.53 Å². The number of halogens is 1. The minimum atomic E-state index is -0.505. The van der Waals surface area contributed by atoms with Crippen LogP contribution in [0.15, 0.2) is 95.8 Å². The van der Waals surface area contributed by atoms with Crippen molar-refractivity contribution in [2.24, 2.45) is 0 Å². The van der Waals surface area contributed by atoms with Crippen LogP contribution in [-0.4, -0.2) is 34.0 Å². The molecule has 1 atom stereocenters. The second-order valence-electron chi connectivity index (χ2n) is 8.58. The van der Waals surface area contributed by atoms with E-state index in [9.17, 15) is 9.59 Å². The lowest BCUT2D eigenvalue weighted by atomic mass is 10.1. The molecule has 36 heavy (non-hydrogen) atoms. The molecular formula is C29H24ClN3O3. The van der Waals surface area contributed by atoms with Gasteiger partial charge in [0.25, 0.3) is 11.5 Å². The van der Waals surface area contributed by atoms with Gasteiger partial charge in [0.05, 0.1) is 22.6 Å². The van der Waals surface area contributed by atoms with E-state index < -0.39 is 6.04 Å². The lowest BCUT2D eigenvalue weighted by Crippen LogP contribution is -2.37. The van der Waals surface area contributed by atoms with Crippen LogP contribution in [0.25, 0.3) is 27.4 Å². The number of aromatic nitrogens is 2. The zero-order chi connectivity index (χ0) is 25.2. The lowest BCUT2D eigenvalue weighted by Gasteiger charge is -2.27. The molecule has 1 unspecified atom stereocenters. The summed E-state index contributed by atoms with van der Waals surface area (Å²) in [7, 11) is 1.68. The molecule has 5 aromatic rings. The normalized spacial score (nSPS) is 12.0. The highest BCUT2D eigenvalue weighted by molar-refractivity contribution is 6.30. The second kappa shape index (κ2) is 9.84. The van der Waals surface area contributed by atoms with Gasteiger partial charge in [-0.1, -0.05) is 54.1 Å². The Balaban J connectivity index is 1.53. The summed E-state index contributed by atoms with van der Waals surface area (Å²) in [5.41, 5.74) is 1.09. The van der Waals surface area contributed by atoms with Gasteiger partial charge in [-0.2, -0.15) is 0 Å². The summed E-state index contributed by atoms with van der Waals surface area (Å²) < 4.78 is 7.25. The molecule has 7 heteroatoms. The number of fused-ring (bicyclic) bond motifs is 2. The van der Waals surface area contributed by atoms with Gasteiger partial charge in [-0.05, 0) is 66.2 Å². The van der Waals surface area contributed by atoms with E-state index in [1.165, 1.54) is 0 Å². The molecule has 0 radical (unpaired) electrons. The number of hydrogen-bond acceptors (Lipinski definition) is 4. The Kier molecular flexibility index (Phi) is 6.44. The summed E-state index contributed by atoms with van der Waals surface area (Å²) in [5, 5.41) is 3.19. The molecule has 5 rings (SSSR count). The summed E-state index contributed by atoms with van der Waals surface area (Å²) in [6.45, 7) is 1.70. The zero-order valence-electron chi connectivity index (χ0n) is 19.9. The number of nitrogens with zero attached hydrogens (tertiary/aromatic N) is 3. The van der Waals surface area contributed by atoms with E-state index in [1.54, 1.807) is 46.8 Å². The van der Waals surface area contributed by atoms with E-state index in [0.29, 0.717) is 33.2 Å². The fourth-order valence-corrected chi connectivity index (χ4v) is 4.29. The number of ether oxygens (including phenoxy) is 1. The van der Waals surface area contributed by atoms with Gasteiger partial charge < -0.3 is 9.64 Å². The van der Waals surface area contributed by atoms with Crippen molar-refractivity contribution in [2.45, 2.75) is 13.0 Å². The van der Waals surface area contributed by atoms with Crippen LogP contribution in [-0.2, 0) is 4.79 Å². The molecule has 0 aliphatic heterocycles. The Hall–Kier alpha value is -4.16. The van der Waals surface area contributed by atoms with Crippen molar-refractivity contribution in [3.05, 3.63) is 112 Å². The van der Waals surface area contributed by atoms with Crippen molar-refractivity contribution in [2.75, 3.05) is 13.7 Å². The number of carbonyl (C=O) groups excluding carboxylic acids is 1. The first-order chi connectivity index (χ1) is 17.4. The molecule has 0 saturated heterocycles. The highest BCUT2D eigenvalue weighted by atomic mass is 35.5. The predicted octanol–water partition coefficient (Wildman–Crippen LogP) is 5.79. The van der Waals surface area contributed by atoms with Crippen molar-refractivity contribution in [3.8, 4) is 11.4 Å². The van der Waals surface area contributed by atoms with Crippen LogP contribution in [0.1, 0.15) is 18.8 Å². The standard InChI is InChI=1S/C29H24ClN3O3/c1-19(32(2)27(34)18-36-24-15-12-22(30)13-16-24)28-31-26-10-6-5-9-25(26)29(35)33(28)23-14-11-20-7-3-4-8-21(20)17-23/h3-17,19H,18H2,1-2H3. The van der Waals surface area contributed by atoms with Crippen LogP contribution in [0.2, 0.25) is 5.02 Å². The Bertz CT molecular complexity index is 1630. The van der Waals surface area contributed by atoms with Crippen LogP contribution < -0.4 is 10.3 Å². The number of amides is 1. The molecule has 0 aliphatic rings. The van der Waals surface area contributed by atoms with Crippen molar-refractivity contribution in [3.63, 3.8) is 0 Å². The molecule has 0 N–H and O–H groups in total. The fourth-order valence-electron chi connectivity index (χ4n) is 4.16. The Morgan fingerprint density at radius 1 is 0.972 bits per heavy atom. The molecule has 0 saturated carbocycles. The van der Waals surface area contributed by atoms with Gasteiger partial charge in [0, 0.05) is 12.1 Å². The van der Waals surface area contributed by atoms with Gasteiger partial charge in [0.2, 0.25) is 0 Å². The third-order valence-electron chi connectivity index (χ3n) is 6.32. The van der Waals surface area contributed by atoms with Crippen LogP contribution in [0.5, 0.6) is 5.75 Å². The Labute approximate surface area is 213 Å². The molecule has 0 bridgehead atoms. The fraction of sp³-hybridized carbons (Fsp3) is 0.138. The predicted molar refractivity (Wildman–Crippen MR) is 143 cm³/mol. The summed E-state index contributed by atoms with van der Waals surface area (Å²) in [4.78, 5) is 33.1. The molecule has 180 valence electrons. The van der Waals surface area contributed by atoms with Crippen LogP contribution in [0.3, 0.4) is 0 Å². The van der Waals surface area contributed by atoms with Gasteiger partial charge >= 0.3 is 0 Å². The molecule has 1 amide bonds. The SMILES string of the molecule is CC(c1nc2ccccc2c(=O)n1-c1ccc2ccccc2c1)N(C)C(=O)COc1ccc(Cl)cc1. The topological polar surface area (TPSA) is 64.4 Å². The minimum Gasteiger partial charge on any atom is -0.484 e. The number of carbonyl (C=O) groups is 1. The summed E-state index contributed by atoms with van der Waals surface area (Å²) in [5.74, 6) is 0.770. The molecule has 1 heterocycles. The number of rotatable bonds is 6. The number of hydrogen-bond donors (Lipinski definition) is 0. The molecule has 6 nitrogen and oxygen atoms in total. The van der Waals surface area contributed by atoms with Crippen molar-refractivity contribution >= 4 is 39.2 Å². The largest absolute Gasteiger partial charge is 0.484 e. The molecule has 1 aromatic heterocycles. The molecule has 0 fully saturated rings. The maximum Gasteiger partial charge on any atom is 0.266 e. The highest BCUT2D eigenvalue weighted by Crippen LogP contribution is 2.24. The van der Waals surface area contributed by atoms with Crippen LogP contribution >= 0.6 is 11.6 Å². The maximum atomic E-state index is 13.7. The number of likely N-dealkylation sites (N-methyl/N-ethyl adjacent to an activating group) is 1. The molecular weight excluding hydrogens is 474 g/mol. The summed E-state index contributed by atoms with van der Waals surface area (Å²) in [6, 6.07) is 27.4.